The number of carbonyl (C=O) groups is 2. The van der Waals surface area contributed by atoms with Crippen molar-refractivity contribution in [3.63, 3.8) is 0 Å². The molecule has 0 radical (unpaired) electrons. The largest absolute Gasteiger partial charge is 0.468 e. The van der Waals surface area contributed by atoms with E-state index in [1.165, 1.54) is 4.31 Å². The van der Waals surface area contributed by atoms with Crippen LogP contribution >= 0.6 is 0 Å². The Morgan fingerprint density at radius 1 is 1.11 bits per heavy atom. The summed E-state index contributed by atoms with van der Waals surface area (Å²) in [6, 6.07) is 3.08. The highest BCUT2D eigenvalue weighted by molar-refractivity contribution is 7.89. The summed E-state index contributed by atoms with van der Waals surface area (Å²) < 4.78 is 35.8. The molecule has 0 saturated carbocycles. The van der Waals surface area contributed by atoms with E-state index in [0.717, 1.165) is 38.8 Å². The van der Waals surface area contributed by atoms with Crippen LogP contribution in [0.15, 0.2) is 23.1 Å². The minimum atomic E-state index is -3.92. The summed E-state index contributed by atoms with van der Waals surface area (Å²) in [5, 5.41) is 11.5. The van der Waals surface area contributed by atoms with E-state index in [9.17, 15) is 28.1 Å². The number of nitro groups is 1. The molecule has 1 aromatic carbocycles. The number of ether oxygens (including phenoxy) is 2. The van der Waals surface area contributed by atoms with Crippen LogP contribution < -0.4 is 0 Å². The first-order chi connectivity index (χ1) is 12.7. The number of sulfonamides is 1. The molecule has 0 atom stereocenters. The van der Waals surface area contributed by atoms with E-state index in [1.54, 1.807) is 0 Å². The van der Waals surface area contributed by atoms with E-state index < -0.39 is 38.5 Å². The van der Waals surface area contributed by atoms with Gasteiger partial charge in [0.1, 0.15) is 0 Å². The van der Waals surface area contributed by atoms with E-state index in [2.05, 4.69) is 9.47 Å². The maximum Gasteiger partial charge on any atom is 0.324 e. The summed E-state index contributed by atoms with van der Waals surface area (Å²) in [5.74, 6) is -3.78. The molecule has 0 amide bonds. The van der Waals surface area contributed by atoms with Crippen molar-refractivity contribution in [2.75, 3.05) is 27.3 Å². The third kappa shape index (κ3) is 4.25. The number of piperidine rings is 1. The van der Waals surface area contributed by atoms with Crippen LogP contribution in [0.3, 0.4) is 0 Å². The highest BCUT2D eigenvalue weighted by Gasteiger charge is 2.37. The summed E-state index contributed by atoms with van der Waals surface area (Å²) in [6.07, 6.45) is 2.35. The maximum absolute atomic E-state index is 12.7. The minimum absolute atomic E-state index is 0.270. The van der Waals surface area contributed by atoms with Crippen molar-refractivity contribution in [1.82, 2.24) is 4.31 Å². The summed E-state index contributed by atoms with van der Waals surface area (Å²) in [7, 11) is -1.86. The normalized spacial score (nSPS) is 15.4. The van der Waals surface area contributed by atoms with Gasteiger partial charge in [-0.3, -0.25) is 19.7 Å². The third-order valence-electron chi connectivity index (χ3n) is 4.34. The van der Waals surface area contributed by atoms with E-state index in [1.807, 2.05) is 0 Å². The smallest absolute Gasteiger partial charge is 0.324 e. The Kier molecular flexibility index (Phi) is 6.50. The highest BCUT2D eigenvalue weighted by atomic mass is 32.2. The van der Waals surface area contributed by atoms with Gasteiger partial charge in [-0.1, -0.05) is 6.42 Å². The van der Waals surface area contributed by atoms with Gasteiger partial charge >= 0.3 is 11.9 Å². The van der Waals surface area contributed by atoms with E-state index in [-0.39, 0.29) is 10.5 Å². The summed E-state index contributed by atoms with van der Waals surface area (Å²) in [5.41, 5.74) is -0.967. The lowest BCUT2D eigenvalue weighted by molar-refractivity contribution is -0.385. The van der Waals surface area contributed by atoms with Crippen LogP contribution in [-0.2, 0) is 29.1 Å². The van der Waals surface area contributed by atoms with Crippen LogP contribution in [0.2, 0.25) is 0 Å². The molecule has 0 aromatic heterocycles. The van der Waals surface area contributed by atoms with Crippen molar-refractivity contribution in [2.45, 2.75) is 30.1 Å². The van der Waals surface area contributed by atoms with Crippen molar-refractivity contribution in [1.29, 1.82) is 0 Å². The molecule has 1 aliphatic heterocycles. The molecule has 0 N–H and O–H groups in total. The zero-order chi connectivity index (χ0) is 20.2. The molecule has 1 aromatic rings. The van der Waals surface area contributed by atoms with Crippen molar-refractivity contribution in [2.24, 2.45) is 0 Å². The van der Waals surface area contributed by atoms with Gasteiger partial charge in [0, 0.05) is 19.2 Å². The second-order valence-electron chi connectivity index (χ2n) is 5.92. The Labute approximate surface area is 156 Å². The summed E-state index contributed by atoms with van der Waals surface area (Å²) in [4.78, 5) is 34.3. The van der Waals surface area contributed by atoms with Gasteiger partial charge in [-0.15, -0.1) is 0 Å². The molecule has 1 aliphatic rings. The summed E-state index contributed by atoms with van der Waals surface area (Å²) >= 11 is 0. The van der Waals surface area contributed by atoms with Gasteiger partial charge in [0.05, 0.1) is 29.6 Å². The molecule has 10 nitrogen and oxygen atoms in total. The van der Waals surface area contributed by atoms with Crippen LogP contribution in [0, 0.1) is 10.1 Å². The summed E-state index contributed by atoms with van der Waals surface area (Å²) in [6.45, 7) is 0.676. The van der Waals surface area contributed by atoms with Gasteiger partial charge in [0.2, 0.25) is 10.0 Å². The maximum atomic E-state index is 12.7. The Morgan fingerprint density at radius 3 is 2.15 bits per heavy atom. The van der Waals surface area contributed by atoms with Gasteiger partial charge in [-0.25, -0.2) is 8.42 Å². The number of hydrogen-bond donors (Lipinski definition) is 0. The number of carbonyl (C=O) groups excluding carboxylic acids is 2. The topological polar surface area (TPSA) is 133 Å². The Hall–Kier alpha value is -2.53. The number of rotatable bonds is 6. The molecule has 1 saturated heterocycles. The molecule has 1 fully saturated rings. The fourth-order valence-corrected chi connectivity index (χ4v) is 4.46. The first-order valence-corrected chi connectivity index (χ1v) is 9.62. The average Bonchev–Trinajstić information content (AvgIpc) is 2.68. The van der Waals surface area contributed by atoms with Crippen LogP contribution in [-0.4, -0.2) is 56.9 Å². The molecule has 0 unspecified atom stereocenters. The molecule has 1 heterocycles. The number of hydrogen-bond acceptors (Lipinski definition) is 8. The number of esters is 2. The average molecular weight is 400 g/mol. The number of nitro benzene ring substituents is 1. The van der Waals surface area contributed by atoms with Gasteiger partial charge in [-0.2, -0.15) is 4.31 Å². The van der Waals surface area contributed by atoms with E-state index in [4.69, 9.17) is 0 Å². The lowest BCUT2D eigenvalue weighted by atomic mass is 9.97. The molecular weight excluding hydrogens is 380 g/mol. The Morgan fingerprint density at radius 2 is 1.67 bits per heavy atom. The zero-order valence-electron chi connectivity index (χ0n) is 14.9. The molecule has 148 valence electrons. The standard InChI is InChI=1S/C16H20N2O8S/c1-25-15(19)14(16(20)26-2)12-7-6-11(10-13(12)18(21)22)27(23,24)17-8-4-3-5-9-17/h6-7,10,14H,3-5,8-9H2,1-2H3. The fraction of sp³-hybridized carbons (Fsp3) is 0.500. The zero-order valence-corrected chi connectivity index (χ0v) is 15.7. The molecular formula is C16H20N2O8S. The highest BCUT2D eigenvalue weighted by Crippen LogP contribution is 2.32. The second-order valence-corrected chi connectivity index (χ2v) is 7.86. The van der Waals surface area contributed by atoms with Gasteiger partial charge in [0.15, 0.2) is 5.92 Å². The second kappa shape index (κ2) is 8.44. The lowest BCUT2D eigenvalue weighted by Crippen LogP contribution is -2.35. The number of methoxy groups -OCH3 is 2. The first-order valence-electron chi connectivity index (χ1n) is 8.18. The Bertz CT molecular complexity index is 830. The SMILES string of the molecule is COC(=O)C(C(=O)OC)c1ccc(S(=O)(=O)N2CCCCC2)cc1[N+](=O)[O-]. The lowest BCUT2D eigenvalue weighted by Gasteiger charge is -2.26. The molecule has 0 bridgehead atoms. The predicted molar refractivity (Wildman–Crippen MR) is 92.5 cm³/mol. The van der Waals surface area contributed by atoms with Crippen LogP contribution in [0.25, 0.3) is 0 Å². The minimum Gasteiger partial charge on any atom is -0.468 e. The monoisotopic (exact) mass is 400 g/mol. The number of nitrogens with zero attached hydrogens (tertiary/aromatic N) is 2. The molecule has 27 heavy (non-hydrogen) atoms. The Balaban J connectivity index is 2.55. The van der Waals surface area contributed by atoms with Crippen molar-refractivity contribution in [3.05, 3.63) is 33.9 Å². The van der Waals surface area contributed by atoms with E-state index in [0.29, 0.717) is 25.9 Å². The molecule has 0 spiro atoms. The molecule has 11 heteroatoms. The molecule has 2 rings (SSSR count). The van der Waals surface area contributed by atoms with Crippen molar-refractivity contribution < 1.29 is 32.4 Å². The number of benzene rings is 1. The van der Waals surface area contributed by atoms with Crippen molar-refractivity contribution in [3.8, 4) is 0 Å². The predicted octanol–water partition coefficient (Wildman–Crippen LogP) is 1.20. The quantitative estimate of drug-likeness (QED) is 0.301. The first kappa shape index (κ1) is 20.8. The molecule has 0 aliphatic carbocycles. The van der Waals surface area contributed by atoms with Crippen LogP contribution in [0.1, 0.15) is 30.7 Å². The van der Waals surface area contributed by atoms with Crippen LogP contribution in [0.5, 0.6) is 0 Å². The third-order valence-corrected chi connectivity index (χ3v) is 6.23. The van der Waals surface area contributed by atoms with E-state index >= 15 is 0 Å². The van der Waals surface area contributed by atoms with Gasteiger partial charge in [0.25, 0.3) is 5.69 Å². The fourth-order valence-electron chi connectivity index (χ4n) is 2.93. The van der Waals surface area contributed by atoms with Crippen molar-refractivity contribution >= 4 is 27.6 Å². The van der Waals surface area contributed by atoms with Gasteiger partial charge in [-0.05, 0) is 25.0 Å². The van der Waals surface area contributed by atoms with Gasteiger partial charge < -0.3 is 9.47 Å². The van der Waals surface area contributed by atoms with Crippen LogP contribution in [0.4, 0.5) is 5.69 Å².